The molecule has 0 amide bonds. The lowest BCUT2D eigenvalue weighted by atomic mass is 10.1. The van der Waals surface area contributed by atoms with Crippen LogP contribution < -0.4 is 0 Å². The van der Waals surface area contributed by atoms with E-state index in [-0.39, 0.29) is 6.10 Å². The molecule has 1 aliphatic carbocycles. The monoisotopic (exact) mass is 189 g/mol. The number of aliphatic hydroxyl groups is 1. The van der Waals surface area contributed by atoms with Gasteiger partial charge in [0.05, 0.1) is 12.6 Å². The number of hydrogen-bond acceptors (Lipinski definition) is 1. The van der Waals surface area contributed by atoms with Crippen molar-refractivity contribution in [1.82, 2.24) is 4.57 Å². The first-order chi connectivity index (χ1) is 6.81. The van der Waals surface area contributed by atoms with E-state index in [0.717, 1.165) is 24.8 Å². The van der Waals surface area contributed by atoms with Gasteiger partial charge in [0.15, 0.2) is 0 Å². The molecule has 1 N–H and O–H groups in total. The molecule has 0 aromatic carbocycles. The fourth-order valence-corrected chi connectivity index (χ4v) is 2.09. The molecule has 0 bridgehead atoms. The molecule has 2 nitrogen and oxygen atoms in total. The highest BCUT2D eigenvalue weighted by atomic mass is 16.3. The highest BCUT2D eigenvalue weighted by Gasteiger charge is 2.17. The summed E-state index contributed by atoms with van der Waals surface area (Å²) in [5.41, 5.74) is 2.35. The molecule has 1 aromatic heterocycles. The number of hydrogen-bond donors (Lipinski definition) is 1. The predicted octanol–water partition coefficient (Wildman–Crippen LogP) is 1.88. The molecule has 0 saturated heterocycles. The van der Waals surface area contributed by atoms with Crippen molar-refractivity contribution in [2.45, 2.75) is 38.3 Å². The van der Waals surface area contributed by atoms with Crippen molar-refractivity contribution >= 4 is 0 Å². The van der Waals surface area contributed by atoms with Crippen molar-refractivity contribution in [2.75, 3.05) is 0 Å². The average Bonchev–Trinajstić information content (AvgIpc) is 2.49. The zero-order chi connectivity index (χ0) is 9.97. The smallest absolute Gasteiger partial charge is 0.0829 e. The number of fused-ring (bicyclic) bond motifs is 1. The first kappa shape index (κ1) is 9.36. The van der Waals surface area contributed by atoms with Crippen LogP contribution in [0.5, 0.6) is 0 Å². The maximum Gasteiger partial charge on any atom is 0.0829 e. The lowest BCUT2D eigenvalue weighted by Gasteiger charge is -2.05. The Hall–Kier alpha value is -1.20. The molecular weight excluding hydrogens is 174 g/mol. The van der Waals surface area contributed by atoms with Gasteiger partial charge in [0.1, 0.15) is 0 Å². The van der Waals surface area contributed by atoms with Crippen LogP contribution in [0.15, 0.2) is 12.4 Å². The third kappa shape index (κ3) is 1.69. The molecule has 0 aliphatic heterocycles. The Morgan fingerprint density at radius 1 is 1.50 bits per heavy atom. The van der Waals surface area contributed by atoms with Gasteiger partial charge in [-0.2, -0.15) is 0 Å². The van der Waals surface area contributed by atoms with Crippen molar-refractivity contribution < 1.29 is 5.11 Å². The molecule has 1 unspecified atom stereocenters. The number of aryl methyl sites for hydroxylation is 1. The van der Waals surface area contributed by atoms with Gasteiger partial charge in [-0.1, -0.05) is 12.3 Å². The Labute approximate surface area is 84.6 Å². The summed E-state index contributed by atoms with van der Waals surface area (Å²) >= 11 is 0. The summed E-state index contributed by atoms with van der Waals surface area (Å²) < 4.78 is 1.99. The summed E-state index contributed by atoms with van der Waals surface area (Å²) in [5.74, 6) is 2.60. The van der Waals surface area contributed by atoms with Gasteiger partial charge in [-0.25, -0.2) is 0 Å². The fourth-order valence-electron chi connectivity index (χ4n) is 2.09. The Morgan fingerprint density at radius 3 is 3.14 bits per heavy atom. The van der Waals surface area contributed by atoms with Crippen LogP contribution in [0, 0.1) is 12.3 Å². The Morgan fingerprint density at radius 2 is 2.36 bits per heavy atom. The molecule has 0 fully saturated rings. The number of rotatable bonds is 1. The zero-order valence-electron chi connectivity index (χ0n) is 8.24. The largest absolute Gasteiger partial charge is 0.388 e. The molecule has 0 saturated carbocycles. The first-order valence-corrected chi connectivity index (χ1v) is 5.11. The second-order valence-electron chi connectivity index (χ2n) is 3.88. The van der Waals surface area contributed by atoms with Crippen molar-refractivity contribution in [2.24, 2.45) is 0 Å². The van der Waals surface area contributed by atoms with Crippen LogP contribution in [0.1, 0.15) is 36.5 Å². The Kier molecular flexibility index (Phi) is 2.60. The van der Waals surface area contributed by atoms with E-state index in [1.54, 1.807) is 0 Å². The van der Waals surface area contributed by atoms with Crippen LogP contribution in [0.25, 0.3) is 0 Å². The van der Waals surface area contributed by atoms with Crippen LogP contribution in [-0.4, -0.2) is 9.67 Å². The van der Waals surface area contributed by atoms with E-state index in [9.17, 15) is 5.11 Å². The molecule has 74 valence electrons. The normalized spacial score (nSPS) is 21.0. The zero-order valence-corrected chi connectivity index (χ0v) is 8.24. The summed E-state index contributed by atoms with van der Waals surface area (Å²) in [6.45, 7) is 0.597. The standard InChI is InChI=1S/C12H15NO/c1-2-7-13-8-10-5-3-4-6-12(14)11(10)9-13/h1,8-9,12,14H,3-7H2. The van der Waals surface area contributed by atoms with E-state index in [2.05, 4.69) is 12.1 Å². The van der Waals surface area contributed by atoms with Gasteiger partial charge in [-0.15, -0.1) is 6.42 Å². The number of nitrogens with zero attached hydrogens (tertiary/aromatic N) is 1. The molecule has 0 spiro atoms. The molecular formula is C12H15NO. The van der Waals surface area contributed by atoms with E-state index >= 15 is 0 Å². The highest BCUT2D eigenvalue weighted by molar-refractivity contribution is 5.28. The Balaban J connectivity index is 2.30. The summed E-state index contributed by atoms with van der Waals surface area (Å²) in [4.78, 5) is 0. The lowest BCUT2D eigenvalue weighted by molar-refractivity contribution is 0.166. The fraction of sp³-hybridized carbons (Fsp3) is 0.500. The van der Waals surface area contributed by atoms with Crippen LogP contribution in [0.4, 0.5) is 0 Å². The molecule has 1 aliphatic rings. The molecule has 2 rings (SSSR count). The van der Waals surface area contributed by atoms with Gasteiger partial charge >= 0.3 is 0 Å². The quantitative estimate of drug-likeness (QED) is 0.529. The second-order valence-corrected chi connectivity index (χ2v) is 3.88. The van der Waals surface area contributed by atoms with Crippen molar-refractivity contribution in [3.05, 3.63) is 23.5 Å². The summed E-state index contributed by atoms with van der Waals surface area (Å²) in [6, 6.07) is 0. The lowest BCUT2D eigenvalue weighted by Crippen LogP contribution is -1.95. The van der Waals surface area contributed by atoms with Gasteiger partial charge in [0.2, 0.25) is 0 Å². The second kappa shape index (κ2) is 3.89. The first-order valence-electron chi connectivity index (χ1n) is 5.11. The van der Waals surface area contributed by atoms with E-state index in [4.69, 9.17) is 6.42 Å². The van der Waals surface area contributed by atoms with E-state index in [0.29, 0.717) is 6.54 Å². The van der Waals surface area contributed by atoms with Gasteiger partial charge in [0.25, 0.3) is 0 Å². The van der Waals surface area contributed by atoms with Gasteiger partial charge < -0.3 is 9.67 Å². The van der Waals surface area contributed by atoms with Crippen molar-refractivity contribution in [1.29, 1.82) is 0 Å². The molecule has 1 aromatic rings. The summed E-state index contributed by atoms with van der Waals surface area (Å²) in [7, 11) is 0. The van der Waals surface area contributed by atoms with E-state index in [1.165, 1.54) is 12.0 Å². The maximum absolute atomic E-state index is 9.86. The number of aliphatic hydroxyl groups excluding tert-OH is 1. The average molecular weight is 189 g/mol. The Bertz CT molecular complexity index is 359. The van der Waals surface area contributed by atoms with Crippen molar-refractivity contribution in [3.63, 3.8) is 0 Å². The van der Waals surface area contributed by atoms with E-state index in [1.807, 2.05) is 10.8 Å². The minimum atomic E-state index is -0.286. The molecule has 14 heavy (non-hydrogen) atoms. The highest BCUT2D eigenvalue weighted by Crippen LogP contribution is 2.28. The molecule has 1 heterocycles. The third-order valence-electron chi connectivity index (χ3n) is 2.80. The summed E-state index contributed by atoms with van der Waals surface area (Å²) in [6.07, 6.45) is 13.3. The van der Waals surface area contributed by atoms with Gasteiger partial charge in [-0.3, -0.25) is 0 Å². The molecule has 2 heteroatoms. The molecule has 0 radical (unpaired) electrons. The SMILES string of the molecule is C#CCn1cc2c(c1)C(O)CCCC2. The minimum Gasteiger partial charge on any atom is -0.388 e. The number of aromatic nitrogens is 1. The van der Waals surface area contributed by atoms with Crippen molar-refractivity contribution in [3.8, 4) is 12.3 Å². The number of terminal acetylenes is 1. The molecule has 1 atom stereocenters. The van der Waals surface area contributed by atoms with Gasteiger partial charge in [-0.05, 0) is 24.8 Å². The van der Waals surface area contributed by atoms with Crippen LogP contribution in [0.2, 0.25) is 0 Å². The van der Waals surface area contributed by atoms with Crippen LogP contribution in [-0.2, 0) is 13.0 Å². The van der Waals surface area contributed by atoms with Crippen LogP contribution >= 0.6 is 0 Å². The van der Waals surface area contributed by atoms with E-state index < -0.39 is 0 Å². The van der Waals surface area contributed by atoms with Gasteiger partial charge in [0, 0.05) is 18.0 Å². The minimum absolute atomic E-state index is 0.286. The predicted molar refractivity (Wildman–Crippen MR) is 55.8 cm³/mol. The third-order valence-corrected chi connectivity index (χ3v) is 2.80. The van der Waals surface area contributed by atoms with Crippen LogP contribution in [0.3, 0.4) is 0 Å². The summed E-state index contributed by atoms with van der Waals surface area (Å²) in [5, 5.41) is 9.86. The topological polar surface area (TPSA) is 25.2 Å². The maximum atomic E-state index is 9.86.